The molecule has 0 atom stereocenters. The van der Waals surface area contributed by atoms with Crippen molar-refractivity contribution in [1.29, 1.82) is 0 Å². The fourth-order valence-corrected chi connectivity index (χ4v) is 6.28. The molecule has 0 aromatic carbocycles. The van der Waals surface area contributed by atoms with Crippen molar-refractivity contribution in [2.24, 2.45) is 0 Å². The van der Waals surface area contributed by atoms with E-state index in [0.29, 0.717) is 6.61 Å². The molecule has 0 spiro atoms. The monoisotopic (exact) mass is 392 g/mol. The predicted molar refractivity (Wildman–Crippen MR) is 115 cm³/mol. The summed E-state index contributed by atoms with van der Waals surface area (Å²) in [5.41, 5.74) is 0. The predicted octanol–water partition coefficient (Wildman–Crippen LogP) is 5.21. The van der Waals surface area contributed by atoms with Gasteiger partial charge in [-0.15, -0.1) is 0 Å². The molecule has 0 aromatic rings. The minimum atomic E-state index is -1.69. The van der Waals surface area contributed by atoms with E-state index in [1.807, 2.05) is 0 Å². The van der Waals surface area contributed by atoms with Crippen molar-refractivity contribution in [1.82, 2.24) is 0 Å². The normalized spacial score (nSPS) is 13.6. The lowest BCUT2D eigenvalue weighted by atomic mass is 10.0. The molecule has 3 nitrogen and oxygen atoms in total. The van der Waals surface area contributed by atoms with E-state index in [1.165, 1.54) is 51.4 Å². The zero-order valence-corrected chi connectivity index (χ0v) is 21.8. The second-order valence-corrected chi connectivity index (χ2v) is 18.4. The van der Waals surface area contributed by atoms with Crippen molar-refractivity contribution in [2.75, 3.05) is 6.61 Å². The Kier molecular flexibility index (Phi) is 12.3. The lowest BCUT2D eigenvalue weighted by molar-refractivity contribution is -0.156. The summed E-state index contributed by atoms with van der Waals surface area (Å²) in [6, 6.07) is 0. The van der Waals surface area contributed by atoms with Crippen LogP contribution in [0.25, 0.3) is 0 Å². The third-order valence-electron chi connectivity index (χ3n) is 3.76. The van der Waals surface area contributed by atoms with E-state index in [-0.39, 0.29) is 0 Å². The summed E-state index contributed by atoms with van der Waals surface area (Å²) in [7, 11) is -2.64. The summed E-state index contributed by atoms with van der Waals surface area (Å²) in [4.78, 5) is 0. The molecule has 0 heterocycles. The highest BCUT2D eigenvalue weighted by Gasteiger charge is 2.40. The van der Waals surface area contributed by atoms with Crippen LogP contribution >= 0.6 is 0 Å². The Hall–Kier alpha value is 0.531. The molecule has 0 aliphatic rings. The fraction of sp³-hybridized carbons (Fsp3) is 1.00. The average molecular weight is 393 g/mol. The van der Waals surface area contributed by atoms with Gasteiger partial charge in [0.1, 0.15) is 10.5 Å². The van der Waals surface area contributed by atoms with Gasteiger partial charge < -0.3 is 13.3 Å². The molecule has 6 heteroatoms. The zero-order chi connectivity index (χ0) is 18.7. The minimum Gasteiger partial charge on any atom is -0.423 e. The van der Waals surface area contributed by atoms with Gasteiger partial charge in [0.25, 0.3) is 0 Å². The number of unbranched alkanes of at least 4 members (excludes halogenated alkanes) is 7. The van der Waals surface area contributed by atoms with Gasteiger partial charge in [0, 0.05) is 6.42 Å². The summed E-state index contributed by atoms with van der Waals surface area (Å²) in [6.45, 7) is 16.4. The van der Waals surface area contributed by atoms with Gasteiger partial charge in [0.15, 0.2) is 22.4 Å². The van der Waals surface area contributed by atoms with Crippen LogP contribution in [0.1, 0.15) is 64.7 Å². The van der Waals surface area contributed by atoms with Crippen LogP contribution in [0.2, 0.25) is 39.3 Å². The van der Waals surface area contributed by atoms with Gasteiger partial charge in [-0.05, 0) is 45.7 Å². The molecule has 0 amide bonds. The second kappa shape index (κ2) is 12.0. The molecule has 24 heavy (non-hydrogen) atoms. The van der Waals surface area contributed by atoms with Crippen molar-refractivity contribution >= 4 is 27.1 Å². The van der Waals surface area contributed by atoms with E-state index in [4.69, 9.17) is 13.3 Å². The molecule has 0 saturated carbocycles. The van der Waals surface area contributed by atoms with Crippen LogP contribution in [0, 0.1) is 0 Å². The number of hydrogen-bond acceptors (Lipinski definition) is 3. The van der Waals surface area contributed by atoms with E-state index < -0.39 is 22.4 Å². The van der Waals surface area contributed by atoms with Crippen molar-refractivity contribution in [3.8, 4) is 0 Å². The van der Waals surface area contributed by atoms with Crippen LogP contribution in [0.15, 0.2) is 0 Å². The van der Waals surface area contributed by atoms with Crippen LogP contribution in [-0.4, -0.2) is 39.5 Å². The van der Waals surface area contributed by atoms with Crippen molar-refractivity contribution < 1.29 is 13.3 Å². The molecule has 146 valence electrons. The molecular weight excluding hydrogens is 348 g/mol. The van der Waals surface area contributed by atoms with E-state index in [2.05, 4.69) is 46.2 Å². The van der Waals surface area contributed by atoms with Gasteiger partial charge in [-0.1, -0.05) is 51.9 Å². The Morgan fingerprint density at radius 2 is 1.12 bits per heavy atom. The SMILES string of the molecule is CCCCCCCCCCC(CO[SiH3])(O[Si](C)(C)C)O[Si](C)(C)C. The Bertz CT molecular complexity index is 296. The van der Waals surface area contributed by atoms with Crippen molar-refractivity contribution in [3.63, 3.8) is 0 Å². The van der Waals surface area contributed by atoms with Crippen molar-refractivity contribution in [2.45, 2.75) is 110 Å². The fourth-order valence-electron chi connectivity index (χ4n) is 3.12. The molecule has 0 N–H and O–H groups in total. The van der Waals surface area contributed by atoms with Gasteiger partial charge in [-0.25, -0.2) is 0 Å². The maximum atomic E-state index is 6.55. The summed E-state index contributed by atoms with van der Waals surface area (Å²) >= 11 is 0. The molecule has 0 aromatic heterocycles. The Morgan fingerprint density at radius 1 is 0.708 bits per heavy atom. The molecule has 0 aliphatic carbocycles. The molecule has 0 unspecified atom stereocenters. The highest BCUT2D eigenvalue weighted by molar-refractivity contribution is 6.71. The van der Waals surface area contributed by atoms with E-state index >= 15 is 0 Å². The molecular formula is C18H44O3Si3. The first-order valence-corrected chi connectivity index (χ1v) is 17.6. The first kappa shape index (κ1) is 24.5. The highest BCUT2D eigenvalue weighted by atomic mass is 28.4. The third-order valence-corrected chi connectivity index (χ3v) is 6.02. The Labute approximate surface area is 157 Å². The topological polar surface area (TPSA) is 27.7 Å². The molecule has 0 aliphatic heterocycles. The van der Waals surface area contributed by atoms with Crippen LogP contribution in [0.3, 0.4) is 0 Å². The maximum Gasteiger partial charge on any atom is 0.187 e. The van der Waals surface area contributed by atoms with Crippen LogP contribution in [-0.2, 0) is 13.3 Å². The van der Waals surface area contributed by atoms with Crippen molar-refractivity contribution in [3.05, 3.63) is 0 Å². The zero-order valence-electron chi connectivity index (χ0n) is 17.8. The summed E-state index contributed by atoms with van der Waals surface area (Å²) in [5.74, 6) is -0.501. The first-order chi connectivity index (χ1) is 11.0. The van der Waals surface area contributed by atoms with E-state index in [0.717, 1.165) is 16.9 Å². The van der Waals surface area contributed by atoms with Gasteiger partial charge in [-0.3, -0.25) is 0 Å². The Balaban J connectivity index is 4.52. The minimum absolute atomic E-state index is 0.501. The van der Waals surface area contributed by atoms with Gasteiger partial charge in [-0.2, -0.15) is 0 Å². The first-order valence-electron chi connectivity index (χ1n) is 9.93. The van der Waals surface area contributed by atoms with Crippen LogP contribution in [0.5, 0.6) is 0 Å². The number of hydrogen-bond donors (Lipinski definition) is 0. The molecule has 0 fully saturated rings. The second-order valence-electron chi connectivity index (χ2n) is 9.00. The standard InChI is InChI=1S/C18H44O3Si3/c1-8-9-10-11-12-13-14-15-16-18(17-19-22,20-23(2,3)4)21-24(5,6)7/h8-17H2,1-7,22H3. The molecule has 0 saturated heterocycles. The van der Waals surface area contributed by atoms with Crippen LogP contribution < -0.4 is 0 Å². The van der Waals surface area contributed by atoms with E-state index in [1.54, 1.807) is 0 Å². The lowest BCUT2D eigenvalue weighted by Gasteiger charge is -2.43. The Morgan fingerprint density at radius 3 is 1.50 bits per heavy atom. The molecule has 0 bridgehead atoms. The van der Waals surface area contributed by atoms with Gasteiger partial charge >= 0.3 is 0 Å². The van der Waals surface area contributed by atoms with Gasteiger partial charge in [0.05, 0.1) is 6.61 Å². The average Bonchev–Trinajstić information content (AvgIpc) is 2.38. The molecule has 0 rings (SSSR count). The lowest BCUT2D eigenvalue weighted by Crippen LogP contribution is -2.53. The third kappa shape index (κ3) is 13.8. The number of rotatable bonds is 15. The van der Waals surface area contributed by atoms with Gasteiger partial charge in [0.2, 0.25) is 0 Å². The quantitative estimate of drug-likeness (QED) is 0.217. The summed E-state index contributed by atoms with van der Waals surface area (Å²) < 4.78 is 18.8. The largest absolute Gasteiger partial charge is 0.423 e. The molecule has 0 radical (unpaired) electrons. The highest BCUT2D eigenvalue weighted by Crippen LogP contribution is 2.30. The van der Waals surface area contributed by atoms with Crippen LogP contribution in [0.4, 0.5) is 0 Å². The summed E-state index contributed by atoms with van der Waals surface area (Å²) in [5, 5.41) is 0. The maximum absolute atomic E-state index is 6.55. The summed E-state index contributed by atoms with van der Waals surface area (Å²) in [6.07, 6.45) is 11.6. The smallest absolute Gasteiger partial charge is 0.187 e. The van der Waals surface area contributed by atoms with E-state index in [9.17, 15) is 0 Å².